The third-order valence-corrected chi connectivity index (χ3v) is 4.47. The summed E-state index contributed by atoms with van der Waals surface area (Å²) in [6.07, 6.45) is 4.94. The van der Waals surface area contributed by atoms with Crippen LogP contribution in [0.25, 0.3) is 0 Å². The smallest absolute Gasteiger partial charge is 0.245 e. The lowest BCUT2D eigenvalue weighted by Gasteiger charge is -2.32. The van der Waals surface area contributed by atoms with Gasteiger partial charge in [-0.2, -0.15) is 0 Å². The fourth-order valence-corrected chi connectivity index (χ4v) is 3.28. The van der Waals surface area contributed by atoms with Gasteiger partial charge in [0.2, 0.25) is 5.91 Å². The summed E-state index contributed by atoms with van der Waals surface area (Å²) in [6.45, 7) is 1.86. The highest BCUT2D eigenvalue weighted by Crippen LogP contribution is 2.37. The molecule has 1 aliphatic carbocycles. The van der Waals surface area contributed by atoms with Crippen LogP contribution in [-0.4, -0.2) is 37.4 Å². The minimum Gasteiger partial charge on any atom is -0.493 e. The number of carbonyl (C=O) groups excluding carboxylic acids is 1. The van der Waals surface area contributed by atoms with Crippen molar-refractivity contribution < 1.29 is 19.4 Å². The van der Waals surface area contributed by atoms with E-state index in [1.54, 1.807) is 7.11 Å². The monoisotopic (exact) mass is 345 g/mol. The molecule has 5 nitrogen and oxygen atoms in total. The van der Waals surface area contributed by atoms with E-state index in [1.165, 1.54) is 0 Å². The van der Waals surface area contributed by atoms with Crippen LogP contribution in [0.15, 0.2) is 18.2 Å². The number of aliphatic hydroxyl groups excluding tert-OH is 1. The number of benzene rings is 1. The molecule has 136 valence electrons. The highest BCUT2D eigenvalue weighted by Gasteiger charge is 2.28. The van der Waals surface area contributed by atoms with E-state index in [4.69, 9.17) is 14.6 Å². The minimum absolute atomic E-state index is 0.0419. The Hall–Kier alpha value is -2.19. The predicted molar refractivity (Wildman–Crippen MR) is 96.8 cm³/mol. The maximum absolute atomic E-state index is 11.6. The molecule has 2 rings (SSSR count). The molecule has 1 saturated carbocycles. The molecule has 0 heterocycles. The lowest BCUT2D eigenvalue weighted by atomic mass is 9.80. The third kappa shape index (κ3) is 5.40. The van der Waals surface area contributed by atoms with Crippen LogP contribution in [0, 0.1) is 11.8 Å². The van der Waals surface area contributed by atoms with Crippen LogP contribution < -0.4 is 14.8 Å². The third-order valence-electron chi connectivity index (χ3n) is 4.47. The first-order chi connectivity index (χ1) is 12.2. The molecular formula is C20H27NO4. The van der Waals surface area contributed by atoms with E-state index in [2.05, 4.69) is 17.2 Å². The van der Waals surface area contributed by atoms with Gasteiger partial charge in [-0.1, -0.05) is 31.8 Å². The van der Waals surface area contributed by atoms with E-state index >= 15 is 0 Å². The summed E-state index contributed by atoms with van der Waals surface area (Å²) in [4.78, 5) is 11.6. The van der Waals surface area contributed by atoms with Gasteiger partial charge in [-0.25, -0.2) is 0 Å². The van der Waals surface area contributed by atoms with Gasteiger partial charge in [0, 0.05) is 18.4 Å². The second kappa shape index (κ2) is 9.95. The van der Waals surface area contributed by atoms with E-state index in [1.807, 2.05) is 25.1 Å². The number of methoxy groups -OCH3 is 1. The zero-order chi connectivity index (χ0) is 18.1. The first-order valence-electron chi connectivity index (χ1n) is 8.86. The van der Waals surface area contributed by atoms with Crippen molar-refractivity contribution in [3.63, 3.8) is 0 Å². The summed E-state index contributed by atoms with van der Waals surface area (Å²) in [7, 11) is 1.62. The Bertz CT molecular complexity index is 632. The first kappa shape index (κ1) is 19.1. The van der Waals surface area contributed by atoms with Crippen LogP contribution >= 0.6 is 0 Å². The number of hydrogen-bond donors (Lipinski definition) is 2. The van der Waals surface area contributed by atoms with E-state index in [-0.39, 0.29) is 17.9 Å². The van der Waals surface area contributed by atoms with Crippen LogP contribution in [0.5, 0.6) is 11.5 Å². The van der Waals surface area contributed by atoms with Crippen molar-refractivity contribution >= 4 is 5.91 Å². The van der Waals surface area contributed by atoms with Gasteiger partial charge in [0.1, 0.15) is 13.2 Å². The van der Waals surface area contributed by atoms with E-state index < -0.39 is 6.61 Å². The molecule has 1 fully saturated rings. The summed E-state index contributed by atoms with van der Waals surface area (Å²) < 4.78 is 11.2. The lowest BCUT2D eigenvalue weighted by molar-refractivity contribution is -0.124. The quantitative estimate of drug-likeness (QED) is 0.778. The average molecular weight is 345 g/mol. The molecule has 1 aromatic carbocycles. The Balaban J connectivity index is 2.15. The summed E-state index contributed by atoms with van der Waals surface area (Å²) in [6, 6.07) is 5.96. The van der Waals surface area contributed by atoms with Crippen LogP contribution in [0.3, 0.4) is 0 Å². The van der Waals surface area contributed by atoms with Crippen molar-refractivity contribution in [2.45, 2.75) is 51.0 Å². The number of ether oxygens (including phenoxy) is 2. The fourth-order valence-electron chi connectivity index (χ4n) is 3.28. The molecule has 1 amide bonds. The standard InChI is InChI=1S/C20H27NO4/c1-3-4-7-12-25-18-11-10-15(13-19(18)24-2)16-8-5-6-9-17(16)21-20(23)14-22/h10-11,13,16-17,22H,3,5-6,8-9,12,14H2,1-2H3,(H,21,23). The van der Waals surface area contributed by atoms with E-state index in [0.29, 0.717) is 18.1 Å². The second-order valence-corrected chi connectivity index (χ2v) is 6.13. The molecule has 1 aromatic rings. The molecular weight excluding hydrogens is 318 g/mol. The molecule has 2 N–H and O–H groups in total. The number of rotatable bonds is 6. The second-order valence-electron chi connectivity index (χ2n) is 6.13. The summed E-state index contributed by atoms with van der Waals surface area (Å²) in [5.41, 5.74) is 1.12. The molecule has 2 atom stereocenters. The fraction of sp³-hybridized carbons (Fsp3) is 0.550. The Morgan fingerprint density at radius 2 is 2.08 bits per heavy atom. The van der Waals surface area contributed by atoms with Crippen LogP contribution in [0.1, 0.15) is 50.5 Å². The molecule has 0 spiro atoms. The van der Waals surface area contributed by atoms with Crippen molar-refractivity contribution in [1.82, 2.24) is 5.32 Å². The average Bonchev–Trinajstić information content (AvgIpc) is 2.65. The Morgan fingerprint density at radius 1 is 1.28 bits per heavy atom. The SMILES string of the molecule is CCC#CCOc1ccc(C2CCCCC2NC(=O)CO)cc1OC. The number of amides is 1. The largest absolute Gasteiger partial charge is 0.493 e. The van der Waals surface area contributed by atoms with Crippen molar-refractivity contribution in [3.05, 3.63) is 23.8 Å². The number of aliphatic hydroxyl groups is 1. The van der Waals surface area contributed by atoms with Crippen molar-refractivity contribution in [3.8, 4) is 23.3 Å². The molecule has 25 heavy (non-hydrogen) atoms. The van der Waals surface area contributed by atoms with Crippen LogP contribution in [-0.2, 0) is 4.79 Å². The lowest BCUT2D eigenvalue weighted by Crippen LogP contribution is -2.42. The van der Waals surface area contributed by atoms with Gasteiger partial charge >= 0.3 is 0 Å². The first-order valence-corrected chi connectivity index (χ1v) is 8.86. The zero-order valence-electron chi connectivity index (χ0n) is 15.0. The molecule has 0 aliphatic heterocycles. The molecule has 0 bridgehead atoms. The Labute approximate surface area is 149 Å². The summed E-state index contributed by atoms with van der Waals surface area (Å²) in [5.74, 6) is 7.16. The van der Waals surface area contributed by atoms with Crippen molar-refractivity contribution in [2.75, 3.05) is 20.3 Å². The van der Waals surface area contributed by atoms with Gasteiger partial charge in [-0.05, 0) is 30.5 Å². The van der Waals surface area contributed by atoms with Crippen molar-refractivity contribution in [1.29, 1.82) is 0 Å². The van der Waals surface area contributed by atoms with Gasteiger partial charge < -0.3 is 19.9 Å². The van der Waals surface area contributed by atoms with Crippen molar-refractivity contribution in [2.24, 2.45) is 0 Å². The summed E-state index contributed by atoms with van der Waals surface area (Å²) >= 11 is 0. The maximum atomic E-state index is 11.6. The van der Waals surface area contributed by atoms with Gasteiger partial charge in [0.25, 0.3) is 0 Å². The number of nitrogens with one attached hydrogen (secondary N) is 1. The molecule has 5 heteroatoms. The van der Waals surface area contributed by atoms with Gasteiger partial charge in [-0.15, -0.1) is 5.92 Å². The van der Waals surface area contributed by atoms with Gasteiger partial charge in [0.05, 0.1) is 7.11 Å². The van der Waals surface area contributed by atoms with Crippen LogP contribution in [0.2, 0.25) is 0 Å². The Kier molecular flexibility index (Phi) is 7.62. The van der Waals surface area contributed by atoms with Gasteiger partial charge in [-0.3, -0.25) is 4.79 Å². The van der Waals surface area contributed by atoms with Crippen LogP contribution in [0.4, 0.5) is 0 Å². The highest BCUT2D eigenvalue weighted by molar-refractivity contribution is 5.77. The number of carbonyl (C=O) groups is 1. The van der Waals surface area contributed by atoms with Gasteiger partial charge in [0.15, 0.2) is 11.5 Å². The highest BCUT2D eigenvalue weighted by atomic mass is 16.5. The topological polar surface area (TPSA) is 67.8 Å². The number of hydrogen-bond acceptors (Lipinski definition) is 4. The summed E-state index contributed by atoms with van der Waals surface area (Å²) in [5, 5.41) is 11.9. The zero-order valence-corrected chi connectivity index (χ0v) is 15.0. The van der Waals surface area contributed by atoms with E-state index in [9.17, 15) is 4.79 Å². The molecule has 0 aromatic heterocycles. The van der Waals surface area contributed by atoms with E-state index in [0.717, 1.165) is 37.7 Å². The Morgan fingerprint density at radius 3 is 2.80 bits per heavy atom. The molecule has 2 unspecified atom stereocenters. The molecule has 0 radical (unpaired) electrons. The molecule has 0 saturated heterocycles. The normalized spacial score (nSPS) is 19.5. The maximum Gasteiger partial charge on any atom is 0.245 e. The predicted octanol–water partition coefficient (Wildman–Crippen LogP) is 2.62. The minimum atomic E-state index is -0.474. The molecule has 1 aliphatic rings.